The fourth-order valence-electron chi connectivity index (χ4n) is 3.21. The Balaban J connectivity index is 1.58. The Bertz CT molecular complexity index is 637. The molecule has 1 atom stereocenters. The summed E-state index contributed by atoms with van der Waals surface area (Å²) in [5, 5.41) is 11.4. The van der Waals surface area contributed by atoms with E-state index in [9.17, 15) is 4.79 Å². The van der Waals surface area contributed by atoms with Crippen LogP contribution in [0.5, 0.6) is 0 Å². The topological polar surface area (TPSA) is 80.9 Å². The number of carbonyl (C=O) groups excluding carboxylic acids is 1. The van der Waals surface area contributed by atoms with Crippen LogP contribution in [0.1, 0.15) is 32.6 Å². The van der Waals surface area contributed by atoms with Gasteiger partial charge in [0.15, 0.2) is 0 Å². The number of likely N-dealkylation sites (tertiary alicyclic amines) is 1. The number of anilines is 1. The molecule has 1 saturated heterocycles. The molecule has 2 aromatic heterocycles. The summed E-state index contributed by atoms with van der Waals surface area (Å²) in [5.41, 5.74) is 0. The molecule has 2 aromatic rings. The van der Waals surface area contributed by atoms with Crippen molar-refractivity contribution in [3.8, 4) is 0 Å². The first-order valence-electron chi connectivity index (χ1n) is 8.64. The van der Waals surface area contributed by atoms with Crippen molar-refractivity contribution in [2.75, 3.05) is 18.4 Å². The number of aromatic nitrogens is 5. The van der Waals surface area contributed by atoms with E-state index in [0.717, 1.165) is 44.7 Å². The lowest BCUT2D eigenvalue weighted by Gasteiger charge is -2.34. The normalized spacial score (nSPS) is 18.6. The smallest absolute Gasteiger partial charge is 0.239 e. The average Bonchev–Trinajstić information content (AvgIpc) is 3.22. The van der Waals surface area contributed by atoms with Gasteiger partial charge in [-0.1, -0.05) is 13.3 Å². The molecule has 3 rings (SSSR count). The highest BCUT2D eigenvalue weighted by Gasteiger charge is 2.25. The van der Waals surface area contributed by atoms with Gasteiger partial charge < -0.3 is 5.32 Å². The molecule has 130 valence electrons. The first-order chi connectivity index (χ1) is 11.8. The van der Waals surface area contributed by atoms with Crippen molar-refractivity contribution < 1.29 is 4.79 Å². The van der Waals surface area contributed by atoms with Gasteiger partial charge in [-0.3, -0.25) is 14.4 Å². The van der Waals surface area contributed by atoms with Gasteiger partial charge in [0.1, 0.15) is 18.5 Å². The molecule has 0 saturated carbocycles. The van der Waals surface area contributed by atoms with Crippen molar-refractivity contribution in [3.63, 3.8) is 0 Å². The molecular weight excluding hydrogens is 306 g/mol. The van der Waals surface area contributed by atoms with E-state index in [1.54, 1.807) is 18.9 Å². The van der Waals surface area contributed by atoms with Crippen LogP contribution >= 0.6 is 0 Å². The van der Waals surface area contributed by atoms with Gasteiger partial charge in [-0.25, -0.2) is 9.67 Å². The van der Waals surface area contributed by atoms with Crippen LogP contribution in [-0.4, -0.2) is 54.5 Å². The van der Waals surface area contributed by atoms with Crippen molar-refractivity contribution in [2.45, 2.75) is 51.7 Å². The lowest BCUT2D eigenvalue weighted by atomic mass is 10.0. The highest BCUT2D eigenvalue weighted by atomic mass is 16.2. The molecule has 8 nitrogen and oxygen atoms in total. The number of carbonyl (C=O) groups is 1. The highest BCUT2D eigenvalue weighted by molar-refractivity contribution is 5.91. The SMILES string of the molecule is CCCn1nccc1NC(=O)CN1CCCCC1Cn1cncn1. The van der Waals surface area contributed by atoms with E-state index in [-0.39, 0.29) is 5.91 Å². The maximum Gasteiger partial charge on any atom is 0.239 e. The number of aryl methyl sites for hydroxylation is 1. The molecule has 0 aliphatic carbocycles. The van der Waals surface area contributed by atoms with Crippen LogP contribution in [0.25, 0.3) is 0 Å². The summed E-state index contributed by atoms with van der Waals surface area (Å²) in [7, 11) is 0. The van der Waals surface area contributed by atoms with E-state index < -0.39 is 0 Å². The Labute approximate surface area is 141 Å². The lowest BCUT2D eigenvalue weighted by Crippen LogP contribution is -2.46. The molecule has 1 aliphatic rings. The van der Waals surface area contributed by atoms with Crippen molar-refractivity contribution in [3.05, 3.63) is 24.9 Å². The minimum Gasteiger partial charge on any atom is -0.310 e. The average molecular weight is 331 g/mol. The molecule has 0 radical (unpaired) electrons. The van der Waals surface area contributed by atoms with Crippen LogP contribution in [0.15, 0.2) is 24.9 Å². The Morgan fingerprint density at radius 3 is 3.08 bits per heavy atom. The van der Waals surface area contributed by atoms with Crippen LogP contribution in [0.4, 0.5) is 5.82 Å². The second-order valence-electron chi connectivity index (χ2n) is 6.23. The molecule has 1 N–H and O–H groups in total. The molecule has 8 heteroatoms. The van der Waals surface area contributed by atoms with Crippen LogP contribution in [0.2, 0.25) is 0 Å². The summed E-state index contributed by atoms with van der Waals surface area (Å²) >= 11 is 0. The van der Waals surface area contributed by atoms with E-state index in [4.69, 9.17) is 0 Å². The Kier molecular flexibility index (Phi) is 5.58. The zero-order valence-corrected chi connectivity index (χ0v) is 14.1. The Morgan fingerprint density at radius 2 is 2.29 bits per heavy atom. The van der Waals surface area contributed by atoms with Gasteiger partial charge in [0.05, 0.1) is 19.3 Å². The second-order valence-corrected chi connectivity index (χ2v) is 6.23. The first kappa shape index (κ1) is 16.6. The maximum absolute atomic E-state index is 12.5. The van der Waals surface area contributed by atoms with Gasteiger partial charge >= 0.3 is 0 Å². The largest absolute Gasteiger partial charge is 0.310 e. The third-order valence-corrected chi connectivity index (χ3v) is 4.38. The van der Waals surface area contributed by atoms with Crippen molar-refractivity contribution >= 4 is 11.7 Å². The van der Waals surface area contributed by atoms with Crippen LogP contribution < -0.4 is 5.32 Å². The van der Waals surface area contributed by atoms with Crippen molar-refractivity contribution in [1.29, 1.82) is 0 Å². The molecule has 0 spiro atoms. The second kappa shape index (κ2) is 8.05. The summed E-state index contributed by atoms with van der Waals surface area (Å²) in [6.45, 7) is 5.02. The van der Waals surface area contributed by atoms with Crippen LogP contribution in [0, 0.1) is 0 Å². The predicted octanol–water partition coefficient (Wildman–Crippen LogP) is 1.38. The molecule has 3 heterocycles. The van der Waals surface area contributed by atoms with Gasteiger partial charge in [-0.15, -0.1) is 0 Å². The summed E-state index contributed by atoms with van der Waals surface area (Å²) in [6.07, 6.45) is 9.40. The number of hydrogen-bond acceptors (Lipinski definition) is 5. The monoisotopic (exact) mass is 331 g/mol. The van der Waals surface area contributed by atoms with E-state index in [0.29, 0.717) is 12.6 Å². The van der Waals surface area contributed by atoms with Gasteiger partial charge in [-0.05, 0) is 25.8 Å². The van der Waals surface area contributed by atoms with Gasteiger partial charge in [0, 0.05) is 18.7 Å². The minimum atomic E-state index is 0.0124. The Hall–Kier alpha value is -2.22. The molecule has 1 fully saturated rings. The standard InChI is InChI=1S/C16H25N7O/c1-2-8-23-15(6-7-18-23)20-16(24)11-21-9-4-3-5-14(21)10-22-13-17-12-19-22/h6-7,12-14H,2-5,8-11H2,1H3,(H,20,24). The third-order valence-electron chi connectivity index (χ3n) is 4.38. The van der Waals surface area contributed by atoms with E-state index in [2.05, 4.69) is 32.3 Å². The van der Waals surface area contributed by atoms with Crippen molar-refractivity contribution in [2.24, 2.45) is 0 Å². The van der Waals surface area contributed by atoms with Crippen LogP contribution in [0.3, 0.4) is 0 Å². The van der Waals surface area contributed by atoms with Gasteiger partial charge in [0.25, 0.3) is 0 Å². The summed E-state index contributed by atoms with van der Waals surface area (Å²) in [5.74, 6) is 0.782. The number of nitrogens with one attached hydrogen (secondary N) is 1. The van der Waals surface area contributed by atoms with Crippen LogP contribution in [-0.2, 0) is 17.9 Å². The minimum absolute atomic E-state index is 0.0124. The first-order valence-corrected chi connectivity index (χ1v) is 8.64. The third kappa shape index (κ3) is 4.19. The summed E-state index contributed by atoms with van der Waals surface area (Å²) < 4.78 is 3.68. The van der Waals surface area contributed by atoms with E-state index in [1.807, 2.05) is 15.4 Å². The molecule has 24 heavy (non-hydrogen) atoms. The van der Waals surface area contributed by atoms with Gasteiger partial charge in [-0.2, -0.15) is 10.2 Å². The molecular formula is C16H25N7O. The Morgan fingerprint density at radius 1 is 1.38 bits per heavy atom. The molecule has 1 amide bonds. The lowest BCUT2D eigenvalue weighted by molar-refractivity contribution is -0.118. The molecule has 0 aromatic carbocycles. The number of piperidine rings is 1. The zero-order chi connectivity index (χ0) is 16.8. The fourth-order valence-corrected chi connectivity index (χ4v) is 3.21. The number of amides is 1. The van der Waals surface area contributed by atoms with Crippen molar-refractivity contribution in [1.82, 2.24) is 29.4 Å². The van der Waals surface area contributed by atoms with E-state index >= 15 is 0 Å². The quantitative estimate of drug-likeness (QED) is 0.829. The fraction of sp³-hybridized carbons (Fsp3) is 0.625. The molecule has 1 unspecified atom stereocenters. The zero-order valence-electron chi connectivity index (χ0n) is 14.1. The molecule has 0 bridgehead atoms. The maximum atomic E-state index is 12.5. The number of rotatable bonds is 7. The number of nitrogens with zero attached hydrogens (tertiary/aromatic N) is 6. The number of hydrogen-bond donors (Lipinski definition) is 1. The van der Waals surface area contributed by atoms with Gasteiger partial charge in [0.2, 0.25) is 5.91 Å². The van der Waals surface area contributed by atoms with E-state index in [1.165, 1.54) is 6.42 Å². The molecule has 1 aliphatic heterocycles. The highest BCUT2D eigenvalue weighted by Crippen LogP contribution is 2.18. The summed E-state index contributed by atoms with van der Waals surface area (Å²) in [6, 6.07) is 2.17. The summed E-state index contributed by atoms with van der Waals surface area (Å²) in [4.78, 5) is 18.7. The predicted molar refractivity (Wildman–Crippen MR) is 90.4 cm³/mol.